The van der Waals surface area contributed by atoms with Gasteiger partial charge in [0.2, 0.25) is 0 Å². The van der Waals surface area contributed by atoms with E-state index in [0.29, 0.717) is 13.2 Å². The molecule has 3 heteroatoms. The zero-order valence-electron chi connectivity index (χ0n) is 8.13. The SMILES string of the molecule is NCCOc1ccc2c(c1)CCC2.[Cl-]. The maximum atomic E-state index is 5.46. The summed E-state index contributed by atoms with van der Waals surface area (Å²) in [6, 6.07) is 6.37. The Morgan fingerprint density at radius 1 is 1.21 bits per heavy atom. The van der Waals surface area contributed by atoms with Crippen LogP contribution in [0.25, 0.3) is 0 Å². The molecular weight excluding hydrogens is 198 g/mol. The summed E-state index contributed by atoms with van der Waals surface area (Å²) in [5.41, 5.74) is 8.30. The molecule has 1 aliphatic carbocycles. The van der Waals surface area contributed by atoms with E-state index in [9.17, 15) is 0 Å². The highest BCUT2D eigenvalue weighted by molar-refractivity contribution is 5.38. The molecule has 0 atom stereocenters. The van der Waals surface area contributed by atoms with Gasteiger partial charge in [0.15, 0.2) is 0 Å². The lowest BCUT2D eigenvalue weighted by Crippen LogP contribution is -3.00. The maximum Gasteiger partial charge on any atom is 0.119 e. The molecule has 0 amide bonds. The van der Waals surface area contributed by atoms with E-state index in [2.05, 4.69) is 12.1 Å². The fourth-order valence-electron chi connectivity index (χ4n) is 1.81. The number of hydrogen-bond acceptors (Lipinski definition) is 2. The third-order valence-corrected chi connectivity index (χ3v) is 2.46. The standard InChI is InChI=1S/C11H15NO.ClH/c12-6-7-13-11-5-4-9-2-1-3-10(9)8-11;/h4-5,8H,1-3,6-7,12H2;1H/p-1. The summed E-state index contributed by atoms with van der Waals surface area (Å²) in [7, 11) is 0. The van der Waals surface area contributed by atoms with E-state index < -0.39 is 0 Å². The van der Waals surface area contributed by atoms with Crippen molar-refractivity contribution in [1.29, 1.82) is 0 Å². The van der Waals surface area contributed by atoms with Crippen LogP contribution in [0.5, 0.6) is 5.75 Å². The zero-order valence-corrected chi connectivity index (χ0v) is 8.89. The van der Waals surface area contributed by atoms with Crippen molar-refractivity contribution in [2.75, 3.05) is 13.2 Å². The Bertz CT molecular complexity index is 301. The Hall–Kier alpha value is -0.730. The summed E-state index contributed by atoms with van der Waals surface area (Å²) in [4.78, 5) is 0. The van der Waals surface area contributed by atoms with Crippen LogP contribution in [-0.4, -0.2) is 13.2 Å². The quantitative estimate of drug-likeness (QED) is 0.663. The van der Waals surface area contributed by atoms with Gasteiger partial charge in [0.05, 0.1) is 0 Å². The van der Waals surface area contributed by atoms with E-state index in [1.54, 1.807) is 0 Å². The van der Waals surface area contributed by atoms with Crippen LogP contribution in [-0.2, 0) is 12.8 Å². The van der Waals surface area contributed by atoms with Crippen LogP contribution in [0, 0.1) is 0 Å². The molecule has 0 spiro atoms. The maximum absolute atomic E-state index is 5.46. The van der Waals surface area contributed by atoms with Crippen LogP contribution < -0.4 is 22.9 Å². The molecule has 0 bridgehead atoms. The molecule has 0 unspecified atom stereocenters. The van der Waals surface area contributed by atoms with Gasteiger partial charge in [0, 0.05) is 6.54 Å². The van der Waals surface area contributed by atoms with E-state index >= 15 is 0 Å². The molecule has 1 aromatic rings. The van der Waals surface area contributed by atoms with Gasteiger partial charge in [-0.1, -0.05) is 6.07 Å². The third-order valence-electron chi connectivity index (χ3n) is 2.46. The molecule has 14 heavy (non-hydrogen) atoms. The largest absolute Gasteiger partial charge is 1.00 e. The molecule has 2 rings (SSSR count). The molecule has 0 fully saturated rings. The van der Waals surface area contributed by atoms with Crippen LogP contribution in [0.1, 0.15) is 17.5 Å². The van der Waals surface area contributed by atoms with Crippen LogP contribution in [0.4, 0.5) is 0 Å². The number of nitrogens with two attached hydrogens (primary N) is 1. The Labute approximate surface area is 90.9 Å². The van der Waals surface area contributed by atoms with Crippen molar-refractivity contribution in [3.05, 3.63) is 29.3 Å². The Morgan fingerprint density at radius 3 is 2.79 bits per heavy atom. The fraction of sp³-hybridized carbons (Fsp3) is 0.455. The highest BCUT2D eigenvalue weighted by atomic mass is 35.5. The monoisotopic (exact) mass is 212 g/mol. The molecule has 1 aromatic carbocycles. The molecule has 0 heterocycles. The Kier molecular flexibility index (Phi) is 4.23. The third kappa shape index (κ3) is 2.40. The lowest BCUT2D eigenvalue weighted by atomic mass is 10.1. The van der Waals surface area contributed by atoms with E-state index in [1.165, 1.54) is 30.4 Å². The van der Waals surface area contributed by atoms with Gasteiger partial charge in [0.25, 0.3) is 0 Å². The second-order valence-electron chi connectivity index (χ2n) is 3.42. The van der Waals surface area contributed by atoms with Gasteiger partial charge in [-0.15, -0.1) is 0 Å². The topological polar surface area (TPSA) is 35.2 Å². The van der Waals surface area contributed by atoms with Crippen molar-refractivity contribution < 1.29 is 17.1 Å². The smallest absolute Gasteiger partial charge is 0.119 e. The van der Waals surface area contributed by atoms with Crippen molar-refractivity contribution in [3.63, 3.8) is 0 Å². The molecule has 78 valence electrons. The molecule has 0 saturated heterocycles. The first-order valence-electron chi connectivity index (χ1n) is 4.85. The van der Waals surface area contributed by atoms with Gasteiger partial charge >= 0.3 is 0 Å². The summed E-state index contributed by atoms with van der Waals surface area (Å²) in [6.07, 6.45) is 3.72. The predicted octanol–water partition coefficient (Wildman–Crippen LogP) is -1.48. The van der Waals surface area contributed by atoms with Crippen LogP contribution in [0.15, 0.2) is 18.2 Å². The number of aryl methyl sites for hydroxylation is 2. The van der Waals surface area contributed by atoms with Gasteiger partial charge in [-0.2, -0.15) is 0 Å². The number of hydrogen-bond donors (Lipinski definition) is 1. The van der Waals surface area contributed by atoms with Crippen molar-refractivity contribution in [2.45, 2.75) is 19.3 Å². The summed E-state index contributed by atoms with van der Waals surface area (Å²) in [5.74, 6) is 0.964. The Morgan fingerprint density at radius 2 is 2.00 bits per heavy atom. The molecule has 2 nitrogen and oxygen atoms in total. The summed E-state index contributed by atoms with van der Waals surface area (Å²) >= 11 is 0. The first kappa shape index (κ1) is 11.3. The van der Waals surface area contributed by atoms with Crippen LogP contribution in [0.2, 0.25) is 0 Å². The van der Waals surface area contributed by atoms with Gasteiger partial charge in [-0.3, -0.25) is 0 Å². The molecule has 2 N–H and O–H groups in total. The minimum Gasteiger partial charge on any atom is -1.00 e. The highest BCUT2D eigenvalue weighted by Gasteiger charge is 2.10. The number of fused-ring (bicyclic) bond motifs is 1. The van der Waals surface area contributed by atoms with Crippen LogP contribution in [0.3, 0.4) is 0 Å². The van der Waals surface area contributed by atoms with Crippen molar-refractivity contribution >= 4 is 0 Å². The number of benzene rings is 1. The zero-order chi connectivity index (χ0) is 9.10. The second-order valence-corrected chi connectivity index (χ2v) is 3.42. The van der Waals surface area contributed by atoms with Crippen molar-refractivity contribution in [3.8, 4) is 5.75 Å². The number of halogens is 1. The van der Waals surface area contributed by atoms with E-state index in [0.717, 1.165) is 5.75 Å². The predicted molar refractivity (Wildman–Crippen MR) is 53.0 cm³/mol. The number of rotatable bonds is 3. The molecular formula is C11H15ClNO-. The fourth-order valence-corrected chi connectivity index (χ4v) is 1.81. The molecule has 0 radical (unpaired) electrons. The van der Waals surface area contributed by atoms with E-state index in [-0.39, 0.29) is 12.4 Å². The van der Waals surface area contributed by atoms with Crippen molar-refractivity contribution in [1.82, 2.24) is 0 Å². The lowest BCUT2D eigenvalue weighted by Gasteiger charge is -2.06. The Balaban J connectivity index is 0.000000980. The first-order valence-corrected chi connectivity index (χ1v) is 4.85. The van der Waals surface area contributed by atoms with Crippen molar-refractivity contribution in [2.24, 2.45) is 5.73 Å². The van der Waals surface area contributed by atoms with Gasteiger partial charge < -0.3 is 22.9 Å². The average molecular weight is 213 g/mol. The first-order chi connectivity index (χ1) is 6.40. The van der Waals surface area contributed by atoms with E-state index in [4.69, 9.17) is 10.5 Å². The molecule has 0 aromatic heterocycles. The molecule has 0 saturated carbocycles. The van der Waals surface area contributed by atoms with Crippen LogP contribution >= 0.6 is 0 Å². The minimum absolute atomic E-state index is 0. The van der Waals surface area contributed by atoms with Gasteiger partial charge in [-0.25, -0.2) is 0 Å². The molecule has 1 aliphatic rings. The molecule has 0 aliphatic heterocycles. The lowest BCUT2D eigenvalue weighted by molar-refractivity contribution is -0.00000318. The number of ether oxygens (including phenoxy) is 1. The summed E-state index contributed by atoms with van der Waals surface area (Å²) in [6.45, 7) is 1.19. The highest BCUT2D eigenvalue weighted by Crippen LogP contribution is 2.25. The second kappa shape index (κ2) is 5.23. The normalized spacial score (nSPS) is 13.2. The van der Waals surface area contributed by atoms with E-state index in [1.807, 2.05) is 6.07 Å². The minimum atomic E-state index is 0. The van der Waals surface area contributed by atoms with Gasteiger partial charge in [-0.05, 0) is 42.5 Å². The summed E-state index contributed by atoms with van der Waals surface area (Å²) < 4.78 is 5.46. The average Bonchev–Trinajstić information content (AvgIpc) is 2.61. The summed E-state index contributed by atoms with van der Waals surface area (Å²) in [5, 5.41) is 0. The van der Waals surface area contributed by atoms with Gasteiger partial charge in [0.1, 0.15) is 12.4 Å².